The molecule has 1 aromatic rings. The molecule has 4 nitrogen and oxygen atoms in total. The number of aromatic nitrogens is 2. The normalized spacial score (nSPS) is 9.00. The fraction of sp³-hybridized carbons (Fsp3) is 0. The fourth-order valence-corrected chi connectivity index (χ4v) is 0.346. The Morgan fingerprint density at radius 2 is 2.62 bits per heavy atom. The third-order valence-electron chi connectivity index (χ3n) is 0.638. The summed E-state index contributed by atoms with van der Waals surface area (Å²) in [5, 5.41) is 0. The summed E-state index contributed by atoms with van der Waals surface area (Å²) in [5.41, 5.74) is 4.63. The SMILES string of the molecule is Nc1[c-]c[nH]c(=O)n1. The number of anilines is 1. The number of aromatic amines is 1. The van der Waals surface area contributed by atoms with E-state index in [0.717, 1.165) is 0 Å². The highest BCUT2D eigenvalue weighted by atomic mass is 16.1. The van der Waals surface area contributed by atoms with Crippen molar-refractivity contribution in [1.29, 1.82) is 0 Å². The van der Waals surface area contributed by atoms with Crippen LogP contribution in [0.5, 0.6) is 0 Å². The highest BCUT2D eigenvalue weighted by Crippen LogP contribution is 1.80. The summed E-state index contributed by atoms with van der Waals surface area (Å²) in [5.74, 6) is 0.119. The van der Waals surface area contributed by atoms with Crippen molar-refractivity contribution in [3.8, 4) is 0 Å². The van der Waals surface area contributed by atoms with Gasteiger partial charge in [0.15, 0.2) is 0 Å². The number of nitrogens with zero attached hydrogens (tertiary/aromatic N) is 1. The van der Waals surface area contributed by atoms with Crippen molar-refractivity contribution in [2.24, 2.45) is 0 Å². The zero-order valence-electron chi connectivity index (χ0n) is 4.01. The molecule has 1 heterocycles. The fourth-order valence-electron chi connectivity index (χ4n) is 0.346. The Labute approximate surface area is 45.4 Å². The summed E-state index contributed by atoms with van der Waals surface area (Å²) < 4.78 is 0. The molecule has 0 spiro atoms. The van der Waals surface area contributed by atoms with E-state index in [9.17, 15) is 4.79 Å². The van der Waals surface area contributed by atoms with Gasteiger partial charge in [-0.05, 0) is 0 Å². The highest BCUT2D eigenvalue weighted by Gasteiger charge is 1.71. The molecular weight excluding hydrogens is 106 g/mol. The lowest BCUT2D eigenvalue weighted by atomic mass is 10.6. The van der Waals surface area contributed by atoms with E-state index in [4.69, 9.17) is 5.73 Å². The van der Waals surface area contributed by atoms with Crippen molar-refractivity contribution in [3.63, 3.8) is 0 Å². The lowest BCUT2D eigenvalue weighted by molar-refractivity contribution is 1.08. The Hall–Kier alpha value is -1.32. The van der Waals surface area contributed by atoms with E-state index in [1.807, 2.05) is 0 Å². The summed E-state index contributed by atoms with van der Waals surface area (Å²) in [6.45, 7) is 0. The third-order valence-corrected chi connectivity index (χ3v) is 0.638. The van der Waals surface area contributed by atoms with Crippen molar-refractivity contribution in [2.45, 2.75) is 0 Å². The molecule has 8 heavy (non-hydrogen) atoms. The Kier molecular flexibility index (Phi) is 0.997. The van der Waals surface area contributed by atoms with Gasteiger partial charge in [0.2, 0.25) is 0 Å². The molecular formula is C4H4N3O-. The van der Waals surface area contributed by atoms with Crippen LogP contribution in [-0.2, 0) is 0 Å². The summed E-state index contributed by atoms with van der Waals surface area (Å²) in [4.78, 5) is 15.8. The van der Waals surface area contributed by atoms with Crippen LogP contribution >= 0.6 is 0 Å². The van der Waals surface area contributed by atoms with Gasteiger partial charge in [-0.2, -0.15) is 6.20 Å². The van der Waals surface area contributed by atoms with Gasteiger partial charge in [-0.25, -0.2) is 9.78 Å². The van der Waals surface area contributed by atoms with Gasteiger partial charge in [0.1, 0.15) is 0 Å². The summed E-state index contributed by atoms with van der Waals surface area (Å²) in [6, 6.07) is 2.48. The van der Waals surface area contributed by atoms with Gasteiger partial charge in [0, 0.05) is 0 Å². The number of nitrogens with one attached hydrogen (secondary N) is 1. The predicted octanol–water partition coefficient (Wildman–Crippen LogP) is -0.848. The van der Waals surface area contributed by atoms with Crippen molar-refractivity contribution < 1.29 is 0 Å². The molecule has 0 aliphatic carbocycles. The second-order valence-corrected chi connectivity index (χ2v) is 1.24. The van der Waals surface area contributed by atoms with Crippen LogP contribution in [0.25, 0.3) is 0 Å². The molecule has 1 rings (SSSR count). The lowest BCUT2D eigenvalue weighted by Gasteiger charge is -1.98. The van der Waals surface area contributed by atoms with Gasteiger partial charge >= 0.3 is 5.69 Å². The molecule has 0 atom stereocenters. The number of hydrogen-bond donors (Lipinski definition) is 2. The predicted molar refractivity (Wildman–Crippen MR) is 28.1 cm³/mol. The van der Waals surface area contributed by atoms with Crippen LogP contribution in [0.4, 0.5) is 5.82 Å². The average molecular weight is 110 g/mol. The number of hydrogen-bond acceptors (Lipinski definition) is 3. The molecule has 0 amide bonds. The number of nitrogens with two attached hydrogens (primary N) is 1. The Bertz CT molecular complexity index is 229. The Morgan fingerprint density at radius 1 is 1.88 bits per heavy atom. The van der Waals surface area contributed by atoms with Crippen molar-refractivity contribution in [2.75, 3.05) is 5.73 Å². The first-order valence-corrected chi connectivity index (χ1v) is 2.02. The standard InChI is InChI=1S/C4H4N3O/c5-3-1-2-6-4(8)7-3/h2H,(H3,5,6,7,8)/q-1. The van der Waals surface area contributed by atoms with Gasteiger partial charge in [-0.15, -0.1) is 0 Å². The monoisotopic (exact) mass is 110 g/mol. The summed E-state index contributed by atoms with van der Waals surface area (Å²) >= 11 is 0. The minimum Gasteiger partial charge on any atom is -0.413 e. The molecule has 0 aliphatic heterocycles. The first kappa shape index (κ1) is 4.83. The van der Waals surface area contributed by atoms with Crippen LogP contribution in [0, 0.1) is 6.07 Å². The Balaban J connectivity index is 3.28. The summed E-state index contributed by atoms with van der Waals surface area (Å²) in [6.07, 6.45) is 1.32. The zero-order valence-corrected chi connectivity index (χ0v) is 4.01. The van der Waals surface area contributed by atoms with Crippen LogP contribution in [-0.4, -0.2) is 9.97 Å². The van der Waals surface area contributed by atoms with Crippen molar-refractivity contribution in [1.82, 2.24) is 9.97 Å². The number of nitrogen functional groups attached to an aromatic ring is 1. The minimum absolute atomic E-state index is 0.119. The van der Waals surface area contributed by atoms with E-state index in [-0.39, 0.29) is 5.82 Å². The van der Waals surface area contributed by atoms with E-state index in [1.54, 1.807) is 0 Å². The molecule has 0 aromatic carbocycles. The largest absolute Gasteiger partial charge is 0.413 e. The third kappa shape index (κ3) is 0.841. The minimum atomic E-state index is -0.443. The Morgan fingerprint density at radius 3 is 3.00 bits per heavy atom. The second-order valence-electron chi connectivity index (χ2n) is 1.24. The molecule has 4 heteroatoms. The molecule has 42 valence electrons. The molecule has 0 saturated carbocycles. The average Bonchev–Trinajstić information content (AvgIpc) is 1.64. The zero-order chi connectivity index (χ0) is 5.98. The number of rotatable bonds is 0. The molecule has 0 fully saturated rings. The molecule has 0 saturated heterocycles. The number of H-pyrrole nitrogens is 1. The highest BCUT2D eigenvalue weighted by molar-refractivity contribution is 5.20. The summed E-state index contributed by atoms with van der Waals surface area (Å²) in [7, 11) is 0. The van der Waals surface area contributed by atoms with E-state index < -0.39 is 5.69 Å². The van der Waals surface area contributed by atoms with Crippen molar-refractivity contribution >= 4 is 5.82 Å². The quantitative estimate of drug-likeness (QED) is 0.427. The molecule has 0 bridgehead atoms. The van der Waals surface area contributed by atoms with E-state index >= 15 is 0 Å². The maximum absolute atomic E-state index is 10.2. The topological polar surface area (TPSA) is 71.8 Å². The van der Waals surface area contributed by atoms with E-state index in [0.29, 0.717) is 0 Å². The smallest absolute Gasteiger partial charge is 0.341 e. The molecule has 0 unspecified atom stereocenters. The van der Waals surface area contributed by atoms with Crippen LogP contribution in [0.3, 0.4) is 0 Å². The van der Waals surface area contributed by atoms with Crippen LogP contribution < -0.4 is 11.4 Å². The first-order chi connectivity index (χ1) is 3.79. The van der Waals surface area contributed by atoms with Gasteiger partial charge in [0.25, 0.3) is 0 Å². The molecule has 1 aromatic heterocycles. The van der Waals surface area contributed by atoms with Crippen LogP contribution in [0.15, 0.2) is 11.0 Å². The van der Waals surface area contributed by atoms with Gasteiger partial charge in [-0.3, -0.25) is 0 Å². The second kappa shape index (κ2) is 1.65. The first-order valence-electron chi connectivity index (χ1n) is 2.02. The van der Waals surface area contributed by atoms with Crippen LogP contribution in [0.1, 0.15) is 0 Å². The van der Waals surface area contributed by atoms with Crippen LogP contribution in [0.2, 0.25) is 0 Å². The van der Waals surface area contributed by atoms with Crippen molar-refractivity contribution in [3.05, 3.63) is 22.7 Å². The maximum atomic E-state index is 10.2. The van der Waals surface area contributed by atoms with Gasteiger partial charge in [-0.1, -0.05) is 5.82 Å². The molecule has 0 radical (unpaired) electrons. The molecule has 0 aliphatic rings. The van der Waals surface area contributed by atoms with E-state index in [2.05, 4.69) is 16.0 Å². The van der Waals surface area contributed by atoms with Gasteiger partial charge < -0.3 is 16.8 Å². The molecule has 3 N–H and O–H groups in total. The van der Waals surface area contributed by atoms with E-state index in [1.165, 1.54) is 6.20 Å². The lowest BCUT2D eigenvalue weighted by Crippen LogP contribution is -2.10. The van der Waals surface area contributed by atoms with Gasteiger partial charge in [0.05, 0.1) is 0 Å². The maximum Gasteiger partial charge on any atom is 0.341 e.